The summed E-state index contributed by atoms with van der Waals surface area (Å²) in [5, 5.41) is 3.36. The molecule has 0 bridgehead atoms. The van der Waals surface area contributed by atoms with Crippen LogP contribution in [0.15, 0.2) is 18.2 Å². The molecule has 0 aliphatic heterocycles. The maximum absolute atomic E-state index is 13.3. The summed E-state index contributed by atoms with van der Waals surface area (Å²) in [6.45, 7) is 4.61. The summed E-state index contributed by atoms with van der Waals surface area (Å²) in [6.07, 6.45) is 4.39. The predicted octanol–water partition coefficient (Wildman–Crippen LogP) is 4.17. The number of hydrogen-bond acceptors (Lipinski definition) is 1. The summed E-state index contributed by atoms with van der Waals surface area (Å²) in [6, 6.07) is 4.12. The van der Waals surface area contributed by atoms with Gasteiger partial charge in [-0.2, -0.15) is 0 Å². The Morgan fingerprint density at radius 2 is 1.60 bits per heavy atom. The molecule has 0 radical (unpaired) electrons. The van der Waals surface area contributed by atoms with Crippen LogP contribution in [0.3, 0.4) is 0 Å². The third-order valence-corrected chi connectivity index (χ3v) is 4.53. The summed E-state index contributed by atoms with van der Waals surface area (Å²) >= 11 is 0. The van der Waals surface area contributed by atoms with Gasteiger partial charge in [0.15, 0.2) is 0 Å². The molecule has 1 aromatic carbocycles. The molecule has 3 unspecified atom stereocenters. The van der Waals surface area contributed by atoms with Gasteiger partial charge in [0.2, 0.25) is 0 Å². The van der Waals surface area contributed by atoms with Crippen LogP contribution in [0.2, 0.25) is 0 Å². The van der Waals surface area contributed by atoms with E-state index in [4.69, 9.17) is 0 Å². The van der Waals surface area contributed by atoms with Crippen LogP contribution in [0.25, 0.3) is 0 Å². The van der Waals surface area contributed by atoms with Crippen molar-refractivity contribution >= 4 is 0 Å². The third kappa shape index (κ3) is 4.02. The Bertz CT molecular complexity index is 416. The lowest BCUT2D eigenvalue weighted by Crippen LogP contribution is -2.39. The molecule has 112 valence electrons. The van der Waals surface area contributed by atoms with Gasteiger partial charge in [-0.3, -0.25) is 0 Å². The van der Waals surface area contributed by atoms with Gasteiger partial charge in [0.05, 0.1) is 0 Å². The van der Waals surface area contributed by atoms with Crippen molar-refractivity contribution in [2.75, 3.05) is 7.05 Å². The van der Waals surface area contributed by atoms with Crippen molar-refractivity contribution < 1.29 is 8.78 Å². The molecule has 1 aromatic rings. The number of halogens is 2. The lowest BCUT2D eigenvalue weighted by atomic mass is 9.73. The zero-order valence-corrected chi connectivity index (χ0v) is 12.6. The molecule has 2 rings (SSSR count). The molecule has 1 nitrogen and oxygen atoms in total. The second kappa shape index (κ2) is 6.66. The van der Waals surface area contributed by atoms with Gasteiger partial charge in [0.25, 0.3) is 0 Å². The highest BCUT2D eigenvalue weighted by Crippen LogP contribution is 2.35. The van der Waals surface area contributed by atoms with Crippen LogP contribution in [0.4, 0.5) is 8.78 Å². The topological polar surface area (TPSA) is 12.0 Å². The first-order valence-corrected chi connectivity index (χ1v) is 7.60. The Kier molecular flexibility index (Phi) is 5.14. The van der Waals surface area contributed by atoms with E-state index in [9.17, 15) is 8.78 Å². The molecular formula is C17H25F2N. The molecule has 20 heavy (non-hydrogen) atoms. The molecule has 1 N–H and O–H groups in total. The maximum atomic E-state index is 13.3. The molecule has 3 atom stereocenters. The van der Waals surface area contributed by atoms with Gasteiger partial charge in [0.1, 0.15) is 11.6 Å². The van der Waals surface area contributed by atoms with Crippen molar-refractivity contribution in [3.05, 3.63) is 35.4 Å². The minimum absolute atomic E-state index is 0.293. The van der Waals surface area contributed by atoms with Gasteiger partial charge in [-0.1, -0.05) is 13.8 Å². The Labute approximate surface area is 120 Å². The van der Waals surface area contributed by atoms with Crippen LogP contribution in [0.1, 0.15) is 38.7 Å². The van der Waals surface area contributed by atoms with E-state index < -0.39 is 11.6 Å². The Morgan fingerprint density at radius 1 is 1.05 bits per heavy atom. The summed E-state index contributed by atoms with van der Waals surface area (Å²) < 4.78 is 26.6. The third-order valence-electron chi connectivity index (χ3n) is 4.53. The smallest absolute Gasteiger partial charge is 0.126 e. The van der Waals surface area contributed by atoms with E-state index in [1.807, 2.05) is 7.05 Å². The standard InChI is InChI=1S/C17H25F2N/c1-11-4-12(2)6-14(5-11)17(20-3)9-13-7-15(18)10-16(19)8-13/h7-8,10-12,14,17,20H,4-6,9H2,1-3H3. The van der Waals surface area contributed by atoms with Gasteiger partial charge in [-0.25, -0.2) is 8.78 Å². The summed E-state index contributed by atoms with van der Waals surface area (Å²) in [4.78, 5) is 0. The van der Waals surface area contributed by atoms with Crippen LogP contribution >= 0.6 is 0 Å². The SMILES string of the molecule is CNC(Cc1cc(F)cc(F)c1)C1CC(C)CC(C)C1. The van der Waals surface area contributed by atoms with Gasteiger partial charge in [-0.05, 0) is 68.2 Å². The van der Waals surface area contributed by atoms with Crippen LogP contribution in [-0.4, -0.2) is 13.1 Å². The summed E-state index contributed by atoms with van der Waals surface area (Å²) in [5.74, 6) is 1.10. The van der Waals surface area contributed by atoms with Crippen LogP contribution in [0, 0.1) is 29.4 Å². The van der Waals surface area contributed by atoms with Gasteiger partial charge < -0.3 is 5.32 Å². The molecule has 0 spiro atoms. The monoisotopic (exact) mass is 281 g/mol. The highest BCUT2D eigenvalue weighted by molar-refractivity contribution is 5.19. The zero-order chi connectivity index (χ0) is 14.7. The van der Waals surface area contributed by atoms with Crippen molar-refractivity contribution in [3.63, 3.8) is 0 Å². The number of benzene rings is 1. The molecule has 3 heteroatoms. The van der Waals surface area contributed by atoms with E-state index >= 15 is 0 Å². The lowest BCUT2D eigenvalue weighted by molar-refractivity contribution is 0.179. The first kappa shape index (κ1) is 15.4. The normalized spacial score (nSPS) is 28.4. The molecule has 1 saturated carbocycles. The fourth-order valence-electron chi connectivity index (χ4n) is 3.82. The minimum atomic E-state index is -0.486. The zero-order valence-electron chi connectivity index (χ0n) is 12.6. The molecule has 0 heterocycles. The Balaban J connectivity index is 2.08. The first-order valence-electron chi connectivity index (χ1n) is 7.60. The number of rotatable bonds is 4. The molecule has 1 fully saturated rings. The number of hydrogen-bond donors (Lipinski definition) is 1. The first-order chi connectivity index (χ1) is 9.47. The number of nitrogens with one attached hydrogen (secondary N) is 1. The fraction of sp³-hybridized carbons (Fsp3) is 0.647. The predicted molar refractivity (Wildman–Crippen MR) is 78.6 cm³/mol. The van der Waals surface area contributed by atoms with E-state index in [0.717, 1.165) is 23.5 Å². The van der Waals surface area contributed by atoms with Gasteiger partial charge in [0, 0.05) is 12.1 Å². The quantitative estimate of drug-likeness (QED) is 0.873. The van der Waals surface area contributed by atoms with E-state index in [1.54, 1.807) is 0 Å². The van der Waals surface area contributed by atoms with Crippen molar-refractivity contribution in [3.8, 4) is 0 Å². The molecule has 0 saturated heterocycles. The second-order valence-electron chi connectivity index (χ2n) is 6.55. The van der Waals surface area contributed by atoms with Crippen LogP contribution in [0.5, 0.6) is 0 Å². The summed E-state index contributed by atoms with van der Waals surface area (Å²) in [7, 11) is 1.95. The lowest BCUT2D eigenvalue weighted by Gasteiger charge is -2.36. The summed E-state index contributed by atoms with van der Waals surface area (Å²) in [5.41, 5.74) is 0.743. The van der Waals surface area contributed by atoms with E-state index in [0.29, 0.717) is 18.4 Å². The Hall–Kier alpha value is -0.960. The fourth-order valence-corrected chi connectivity index (χ4v) is 3.82. The van der Waals surface area contributed by atoms with E-state index in [1.165, 1.54) is 31.4 Å². The van der Waals surface area contributed by atoms with E-state index in [2.05, 4.69) is 19.2 Å². The Morgan fingerprint density at radius 3 is 2.10 bits per heavy atom. The van der Waals surface area contributed by atoms with Crippen LogP contribution in [-0.2, 0) is 6.42 Å². The second-order valence-corrected chi connectivity index (χ2v) is 6.55. The van der Waals surface area contributed by atoms with Crippen molar-refractivity contribution in [1.29, 1.82) is 0 Å². The molecule has 0 aromatic heterocycles. The highest BCUT2D eigenvalue weighted by Gasteiger charge is 2.29. The van der Waals surface area contributed by atoms with Crippen molar-refractivity contribution in [2.45, 2.75) is 45.6 Å². The minimum Gasteiger partial charge on any atom is -0.316 e. The molecular weight excluding hydrogens is 256 g/mol. The van der Waals surface area contributed by atoms with Crippen molar-refractivity contribution in [2.24, 2.45) is 17.8 Å². The van der Waals surface area contributed by atoms with Gasteiger partial charge >= 0.3 is 0 Å². The molecule has 1 aliphatic carbocycles. The average Bonchev–Trinajstić information content (AvgIpc) is 2.33. The number of likely N-dealkylation sites (N-methyl/N-ethyl adjacent to an activating group) is 1. The van der Waals surface area contributed by atoms with Crippen molar-refractivity contribution in [1.82, 2.24) is 5.32 Å². The molecule has 1 aliphatic rings. The highest BCUT2D eigenvalue weighted by atomic mass is 19.1. The van der Waals surface area contributed by atoms with E-state index in [-0.39, 0.29) is 0 Å². The van der Waals surface area contributed by atoms with Gasteiger partial charge in [-0.15, -0.1) is 0 Å². The largest absolute Gasteiger partial charge is 0.316 e. The van der Waals surface area contributed by atoms with Crippen LogP contribution < -0.4 is 5.32 Å². The maximum Gasteiger partial charge on any atom is 0.126 e. The average molecular weight is 281 g/mol. The molecule has 0 amide bonds.